The van der Waals surface area contributed by atoms with Crippen LogP contribution in [0.3, 0.4) is 0 Å². The molecule has 2 rings (SSSR count). The van der Waals surface area contributed by atoms with Crippen molar-refractivity contribution in [3.63, 3.8) is 0 Å². The molecule has 1 aromatic heterocycles. The van der Waals surface area contributed by atoms with Gasteiger partial charge in [-0.25, -0.2) is 0 Å². The first-order valence-electron chi connectivity index (χ1n) is 5.69. The molecule has 0 saturated carbocycles. The number of pyridine rings is 1. The van der Waals surface area contributed by atoms with Gasteiger partial charge < -0.3 is 14.7 Å². The van der Waals surface area contributed by atoms with Crippen molar-refractivity contribution in [2.45, 2.75) is 12.5 Å². The third kappa shape index (κ3) is 2.84. The highest BCUT2D eigenvalue weighted by Gasteiger charge is 2.29. The number of aromatic nitrogens is 1. The monoisotopic (exact) mass is 250 g/mol. The molecule has 96 valence electrons. The second-order valence-electron chi connectivity index (χ2n) is 4.06. The third-order valence-electron chi connectivity index (χ3n) is 2.83. The van der Waals surface area contributed by atoms with Gasteiger partial charge in [0.2, 0.25) is 0 Å². The zero-order valence-corrected chi connectivity index (χ0v) is 9.78. The summed E-state index contributed by atoms with van der Waals surface area (Å²) in [6.07, 6.45) is 2.98. The highest BCUT2D eigenvalue weighted by atomic mass is 16.5. The minimum Gasteiger partial charge on any atom is -0.481 e. The van der Waals surface area contributed by atoms with Crippen LogP contribution < -0.4 is 0 Å². The molecule has 6 nitrogen and oxygen atoms in total. The van der Waals surface area contributed by atoms with E-state index in [9.17, 15) is 9.59 Å². The Balaban J connectivity index is 2.13. The molecule has 1 fully saturated rings. The molecule has 0 spiro atoms. The largest absolute Gasteiger partial charge is 0.481 e. The average Bonchev–Trinajstić information content (AvgIpc) is 2.39. The molecule has 1 aliphatic rings. The number of hydrogen-bond acceptors (Lipinski definition) is 4. The Labute approximate surface area is 104 Å². The maximum absolute atomic E-state index is 12.2. The Kier molecular flexibility index (Phi) is 3.88. The van der Waals surface area contributed by atoms with Gasteiger partial charge in [-0.3, -0.25) is 14.6 Å². The Morgan fingerprint density at radius 1 is 1.44 bits per heavy atom. The maximum atomic E-state index is 12.2. The average molecular weight is 250 g/mol. The van der Waals surface area contributed by atoms with Crippen molar-refractivity contribution >= 4 is 11.9 Å². The van der Waals surface area contributed by atoms with Crippen LogP contribution >= 0.6 is 0 Å². The van der Waals surface area contributed by atoms with Crippen LogP contribution in [0.1, 0.15) is 16.8 Å². The highest BCUT2D eigenvalue weighted by Crippen LogP contribution is 2.14. The number of carboxylic acids is 1. The lowest BCUT2D eigenvalue weighted by molar-refractivity contribution is -0.139. The predicted molar refractivity (Wildman–Crippen MR) is 62.1 cm³/mol. The summed E-state index contributed by atoms with van der Waals surface area (Å²) in [6.45, 7) is 1.12. The van der Waals surface area contributed by atoms with E-state index >= 15 is 0 Å². The Morgan fingerprint density at radius 3 is 2.83 bits per heavy atom. The molecule has 1 saturated heterocycles. The summed E-state index contributed by atoms with van der Waals surface area (Å²) < 4.78 is 5.23. The zero-order chi connectivity index (χ0) is 13.0. The van der Waals surface area contributed by atoms with Crippen LogP contribution in [0.2, 0.25) is 0 Å². The van der Waals surface area contributed by atoms with E-state index in [1.165, 1.54) is 0 Å². The van der Waals surface area contributed by atoms with E-state index < -0.39 is 12.0 Å². The molecular weight excluding hydrogens is 236 g/mol. The molecule has 2 heterocycles. The maximum Gasteiger partial charge on any atom is 0.305 e. The fraction of sp³-hybridized carbons (Fsp3) is 0.417. The van der Waals surface area contributed by atoms with Crippen LogP contribution in [-0.2, 0) is 9.53 Å². The number of carbonyl (C=O) groups is 2. The molecule has 1 atom stereocenters. The van der Waals surface area contributed by atoms with Crippen molar-refractivity contribution in [3.05, 3.63) is 30.1 Å². The zero-order valence-electron chi connectivity index (χ0n) is 9.78. The van der Waals surface area contributed by atoms with Gasteiger partial charge in [0.25, 0.3) is 5.91 Å². The van der Waals surface area contributed by atoms with Gasteiger partial charge in [-0.2, -0.15) is 0 Å². The van der Waals surface area contributed by atoms with Gasteiger partial charge >= 0.3 is 5.97 Å². The minimum atomic E-state index is -0.932. The van der Waals surface area contributed by atoms with Crippen molar-refractivity contribution < 1.29 is 19.4 Å². The number of aliphatic carboxylic acids is 1. The molecule has 18 heavy (non-hydrogen) atoms. The third-order valence-corrected chi connectivity index (χ3v) is 2.83. The summed E-state index contributed by atoms with van der Waals surface area (Å²) in [5.41, 5.74) is 0.516. The van der Waals surface area contributed by atoms with Crippen molar-refractivity contribution in [1.29, 1.82) is 0 Å². The van der Waals surface area contributed by atoms with Crippen molar-refractivity contribution in [1.82, 2.24) is 9.88 Å². The van der Waals surface area contributed by atoms with E-state index in [2.05, 4.69) is 4.98 Å². The summed E-state index contributed by atoms with van der Waals surface area (Å²) in [7, 11) is 0. The van der Waals surface area contributed by atoms with E-state index in [0.29, 0.717) is 18.7 Å². The summed E-state index contributed by atoms with van der Waals surface area (Å²) in [4.78, 5) is 28.4. The van der Waals surface area contributed by atoms with Gasteiger partial charge in [0.1, 0.15) is 0 Å². The van der Waals surface area contributed by atoms with E-state index in [4.69, 9.17) is 9.84 Å². The molecule has 0 unspecified atom stereocenters. The number of carboxylic acid groups (broad SMARTS) is 1. The lowest BCUT2D eigenvalue weighted by atomic mass is 10.1. The van der Waals surface area contributed by atoms with Crippen LogP contribution in [0, 0.1) is 0 Å². The standard InChI is InChI=1S/C12H14N2O4/c15-11(16)7-10-8-18-6-5-14(10)12(17)9-1-3-13-4-2-9/h1-4,10H,5-8H2,(H,15,16)/t10-/m1/s1. The quantitative estimate of drug-likeness (QED) is 0.839. The number of carbonyl (C=O) groups excluding carboxylic acids is 1. The summed E-state index contributed by atoms with van der Waals surface area (Å²) >= 11 is 0. The van der Waals surface area contributed by atoms with Gasteiger partial charge in [0.05, 0.1) is 25.7 Å². The molecule has 1 aromatic rings. The first-order valence-corrected chi connectivity index (χ1v) is 5.69. The van der Waals surface area contributed by atoms with Crippen LogP contribution in [0.25, 0.3) is 0 Å². The van der Waals surface area contributed by atoms with E-state index in [1.54, 1.807) is 29.4 Å². The van der Waals surface area contributed by atoms with Crippen LogP contribution in [-0.4, -0.2) is 52.7 Å². The fourth-order valence-corrected chi connectivity index (χ4v) is 1.95. The second kappa shape index (κ2) is 5.59. The smallest absolute Gasteiger partial charge is 0.305 e. The highest BCUT2D eigenvalue weighted by molar-refractivity contribution is 5.94. The minimum absolute atomic E-state index is 0.100. The number of amides is 1. The number of ether oxygens (including phenoxy) is 1. The predicted octanol–water partition coefficient (Wildman–Crippen LogP) is 0.397. The Morgan fingerprint density at radius 2 is 2.17 bits per heavy atom. The van der Waals surface area contributed by atoms with Crippen molar-refractivity contribution in [2.24, 2.45) is 0 Å². The first-order chi connectivity index (χ1) is 8.68. The van der Waals surface area contributed by atoms with Crippen LogP contribution in [0.15, 0.2) is 24.5 Å². The van der Waals surface area contributed by atoms with E-state index in [0.717, 1.165) is 0 Å². The topological polar surface area (TPSA) is 79.7 Å². The van der Waals surface area contributed by atoms with E-state index in [-0.39, 0.29) is 18.9 Å². The summed E-state index contributed by atoms with van der Waals surface area (Å²) in [5.74, 6) is -1.11. The van der Waals surface area contributed by atoms with Gasteiger partial charge in [0, 0.05) is 24.5 Å². The molecular formula is C12H14N2O4. The van der Waals surface area contributed by atoms with Gasteiger partial charge in [-0.15, -0.1) is 0 Å². The molecule has 6 heteroatoms. The molecule has 0 aromatic carbocycles. The fourth-order valence-electron chi connectivity index (χ4n) is 1.95. The number of rotatable bonds is 3. The second-order valence-corrected chi connectivity index (χ2v) is 4.06. The SMILES string of the molecule is O=C(O)C[C@@H]1COCCN1C(=O)c1ccncc1. The first kappa shape index (κ1) is 12.5. The van der Waals surface area contributed by atoms with Crippen molar-refractivity contribution in [2.75, 3.05) is 19.8 Å². The summed E-state index contributed by atoms with van der Waals surface area (Å²) in [5, 5.41) is 8.83. The normalized spacial score (nSPS) is 19.6. The molecule has 0 bridgehead atoms. The summed E-state index contributed by atoms with van der Waals surface area (Å²) in [6, 6.07) is 2.84. The van der Waals surface area contributed by atoms with Crippen LogP contribution in [0.4, 0.5) is 0 Å². The van der Waals surface area contributed by atoms with Crippen molar-refractivity contribution in [3.8, 4) is 0 Å². The lowest BCUT2D eigenvalue weighted by Gasteiger charge is -2.34. The number of morpholine rings is 1. The molecule has 0 radical (unpaired) electrons. The Hall–Kier alpha value is -1.95. The van der Waals surface area contributed by atoms with Gasteiger partial charge in [-0.05, 0) is 12.1 Å². The number of nitrogens with zero attached hydrogens (tertiary/aromatic N) is 2. The van der Waals surface area contributed by atoms with Crippen LogP contribution in [0.5, 0.6) is 0 Å². The lowest BCUT2D eigenvalue weighted by Crippen LogP contribution is -2.49. The Bertz CT molecular complexity index is 435. The molecule has 1 aliphatic heterocycles. The van der Waals surface area contributed by atoms with Gasteiger partial charge in [-0.1, -0.05) is 0 Å². The van der Waals surface area contributed by atoms with Gasteiger partial charge in [0.15, 0.2) is 0 Å². The van der Waals surface area contributed by atoms with E-state index in [1.807, 2.05) is 0 Å². The molecule has 1 N–H and O–H groups in total. The molecule has 1 amide bonds. The molecule has 0 aliphatic carbocycles. The number of hydrogen-bond donors (Lipinski definition) is 1.